The highest BCUT2D eigenvalue weighted by Gasteiger charge is 2.04. The standard InChI is InChI=1S/C6H7N5S/c7-1-2-12-6-4(8)5(9)10-3-11-6/h3H,2,8H2,(H2,9,10,11). The molecule has 62 valence electrons. The number of hydrogen-bond donors (Lipinski definition) is 2. The molecule has 1 aromatic rings. The van der Waals surface area contributed by atoms with Gasteiger partial charge in [-0.15, -0.1) is 0 Å². The van der Waals surface area contributed by atoms with Gasteiger partial charge in [0.2, 0.25) is 0 Å². The van der Waals surface area contributed by atoms with Crippen molar-refractivity contribution in [3.63, 3.8) is 0 Å². The van der Waals surface area contributed by atoms with Gasteiger partial charge in [-0.05, 0) is 0 Å². The lowest BCUT2D eigenvalue weighted by Crippen LogP contribution is -2.01. The molecule has 0 atom stereocenters. The Kier molecular flexibility index (Phi) is 2.71. The number of thioether (sulfide) groups is 1. The first-order valence-corrected chi connectivity index (χ1v) is 4.10. The maximum Gasteiger partial charge on any atom is 0.151 e. The SMILES string of the molecule is N#CCSc1ncnc(N)c1N. The Balaban J connectivity index is 2.86. The van der Waals surface area contributed by atoms with Crippen LogP contribution in [0.15, 0.2) is 11.4 Å². The molecule has 0 bridgehead atoms. The molecule has 0 saturated heterocycles. The number of nitrogens with two attached hydrogens (primary N) is 2. The average molecular weight is 181 g/mol. The summed E-state index contributed by atoms with van der Waals surface area (Å²) in [5.74, 6) is 0.561. The molecule has 0 aromatic carbocycles. The number of nitrogens with zero attached hydrogens (tertiary/aromatic N) is 3. The van der Waals surface area contributed by atoms with Crippen LogP contribution in [0.4, 0.5) is 11.5 Å². The molecule has 0 aliphatic carbocycles. The third kappa shape index (κ3) is 1.77. The van der Waals surface area contributed by atoms with Crippen molar-refractivity contribution in [2.75, 3.05) is 17.2 Å². The zero-order valence-electron chi connectivity index (χ0n) is 6.19. The van der Waals surface area contributed by atoms with Crippen molar-refractivity contribution in [3.8, 4) is 6.07 Å². The van der Waals surface area contributed by atoms with E-state index in [0.29, 0.717) is 16.5 Å². The molecule has 0 spiro atoms. The molecule has 5 nitrogen and oxygen atoms in total. The summed E-state index contributed by atoms with van der Waals surface area (Å²) in [5.41, 5.74) is 11.3. The van der Waals surface area contributed by atoms with Gasteiger partial charge >= 0.3 is 0 Å². The molecular formula is C6H7N5S. The van der Waals surface area contributed by atoms with E-state index in [9.17, 15) is 0 Å². The Morgan fingerprint density at radius 3 is 2.92 bits per heavy atom. The van der Waals surface area contributed by atoms with Crippen molar-refractivity contribution < 1.29 is 0 Å². The van der Waals surface area contributed by atoms with Gasteiger partial charge in [0, 0.05) is 0 Å². The van der Waals surface area contributed by atoms with Gasteiger partial charge in [0.25, 0.3) is 0 Å². The first-order valence-electron chi connectivity index (χ1n) is 3.11. The van der Waals surface area contributed by atoms with Crippen LogP contribution in [0.1, 0.15) is 0 Å². The van der Waals surface area contributed by atoms with E-state index >= 15 is 0 Å². The number of hydrogen-bond acceptors (Lipinski definition) is 6. The molecule has 6 heteroatoms. The molecular weight excluding hydrogens is 174 g/mol. The quantitative estimate of drug-likeness (QED) is 0.501. The Bertz CT molecular complexity index is 318. The number of nitrogen functional groups attached to an aromatic ring is 2. The summed E-state index contributed by atoms with van der Waals surface area (Å²) in [7, 11) is 0. The van der Waals surface area contributed by atoms with E-state index in [1.807, 2.05) is 6.07 Å². The maximum absolute atomic E-state index is 8.30. The topological polar surface area (TPSA) is 102 Å². The Morgan fingerprint density at radius 1 is 1.50 bits per heavy atom. The van der Waals surface area contributed by atoms with Gasteiger partial charge < -0.3 is 11.5 Å². The van der Waals surface area contributed by atoms with Gasteiger partial charge in [0.1, 0.15) is 17.0 Å². The molecule has 0 aliphatic rings. The first kappa shape index (κ1) is 8.62. The number of nitriles is 1. The maximum atomic E-state index is 8.30. The highest BCUT2D eigenvalue weighted by atomic mass is 32.2. The van der Waals surface area contributed by atoms with Crippen LogP contribution in [0.3, 0.4) is 0 Å². The van der Waals surface area contributed by atoms with E-state index < -0.39 is 0 Å². The highest BCUT2D eigenvalue weighted by molar-refractivity contribution is 7.99. The third-order valence-electron chi connectivity index (χ3n) is 1.15. The van der Waals surface area contributed by atoms with Crippen LogP contribution in [-0.4, -0.2) is 15.7 Å². The van der Waals surface area contributed by atoms with Crippen molar-refractivity contribution in [3.05, 3.63) is 6.33 Å². The largest absolute Gasteiger partial charge is 0.394 e. The van der Waals surface area contributed by atoms with Gasteiger partial charge in [-0.2, -0.15) is 5.26 Å². The molecule has 1 heterocycles. The fourth-order valence-corrected chi connectivity index (χ4v) is 1.19. The molecule has 1 aromatic heterocycles. The summed E-state index contributed by atoms with van der Waals surface area (Å²) in [5, 5.41) is 8.86. The van der Waals surface area contributed by atoms with Crippen LogP contribution in [0.25, 0.3) is 0 Å². The molecule has 0 radical (unpaired) electrons. The van der Waals surface area contributed by atoms with Crippen LogP contribution in [0, 0.1) is 11.3 Å². The fourth-order valence-electron chi connectivity index (χ4n) is 0.608. The van der Waals surface area contributed by atoms with Crippen LogP contribution in [0.5, 0.6) is 0 Å². The zero-order chi connectivity index (χ0) is 8.97. The molecule has 0 saturated carbocycles. The minimum atomic E-state index is 0.255. The third-order valence-corrected chi connectivity index (χ3v) is 2.02. The van der Waals surface area contributed by atoms with E-state index in [4.69, 9.17) is 16.7 Å². The monoisotopic (exact) mass is 181 g/mol. The van der Waals surface area contributed by atoms with Gasteiger partial charge in [0.15, 0.2) is 5.82 Å². The minimum Gasteiger partial charge on any atom is -0.394 e. The predicted octanol–water partition coefficient (Wildman–Crippen LogP) is 0.257. The van der Waals surface area contributed by atoms with Gasteiger partial charge in [-0.25, -0.2) is 9.97 Å². The van der Waals surface area contributed by atoms with E-state index in [1.165, 1.54) is 18.1 Å². The molecule has 0 unspecified atom stereocenters. The number of anilines is 2. The molecule has 0 amide bonds. The lowest BCUT2D eigenvalue weighted by atomic mass is 10.5. The summed E-state index contributed by atoms with van der Waals surface area (Å²) < 4.78 is 0. The van der Waals surface area contributed by atoms with Gasteiger partial charge in [-0.3, -0.25) is 0 Å². The smallest absolute Gasteiger partial charge is 0.151 e. The minimum absolute atomic E-state index is 0.255. The highest BCUT2D eigenvalue weighted by Crippen LogP contribution is 2.24. The van der Waals surface area contributed by atoms with Crippen LogP contribution >= 0.6 is 11.8 Å². The summed E-state index contributed by atoms with van der Waals surface area (Å²) >= 11 is 1.24. The second-order valence-corrected chi connectivity index (χ2v) is 2.89. The zero-order valence-corrected chi connectivity index (χ0v) is 7.01. The van der Waals surface area contributed by atoms with Crippen molar-refractivity contribution in [1.82, 2.24) is 9.97 Å². The lowest BCUT2D eigenvalue weighted by Gasteiger charge is -2.02. The first-order chi connectivity index (χ1) is 5.75. The molecule has 4 N–H and O–H groups in total. The van der Waals surface area contributed by atoms with Crippen LogP contribution in [0.2, 0.25) is 0 Å². The predicted molar refractivity (Wildman–Crippen MR) is 47.2 cm³/mol. The van der Waals surface area contributed by atoms with Crippen molar-refractivity contribution >= 4 is 23.3 Å². The van der Waals surface area contributed by atoms with E-state index in [1.54, 1.807) is 0 Å². The van der Waals surface area contributed by atoms with Gasteiger partial charge in [-0.1, -0.05) is 11.8 Å². The second-order valence-electron chi connectivity index (χ2n) is 1.92. The second kappa shape index (κ2) is 3.78. The molecule has 0 aliphatic heterocycles. The van der Waals surface area contributed by atoms with Crippen molar-refractivity contribution in [2.45, 2.75) is 5.03 Å². The number of rotatable bonds is 2. The van der Waals surface area contributed by atoms with E-state index in [-0.39, 0.29) is 5.82 Å². The Hall–Kier alpha value is -1.48. The van der Waals surface area contributed by atoms with Crippen molar-refractivity contribution in [2.24, 2.45) is 0 Å². The fraction of sp³-hybridized carbons (Fsp3) is 0.167. The van der Waals surface area contributed by atoms with Crippen LogP contribution in [-0.2, 0) is 0 Å². The molecule has 12 heavy (non-hydrogen) atoms. The normalized spacial score (nSPS) is 9.25. The van der Waals surface area contributed by atoms with Gasteiger partial charge in [0.05, 0.1) is 11.8 Å². The van der Waals surface area contributed by atoms with E-state index in [0.717, 1.165) is 0 Å². The molecule has 1 rings (SSSR count). The summed E-state index contributed by atoms with van der Waals surface area (Å²) in [6.07, 6.45) is 1.32. The number of aromatic nitrogens is 2. The average Bonchev–Trinajstić information content (AvgIpc) is 2.08. The molecule has 0 fully saturated rings. The van der Waals surface area contributed by atoms with Crippen LogP contribution < -0.4 is 11.5 Å². The lowest BCUT2D eigenvalue weighted by molar-refractivity contribution is 1.07. The summed E-state index contributed by atoms with van der Waals surface area (Å²) in [6.45, 7) is 0. The Labute approximate surface area is 73.8 Å². The van der Waals surface area contributed by atoms with E-state index in [2.05, 4.69) is 9.97 Å². The van der Waals surface area contributed by atoms with Crippen molar-refractivity contribution in [1.29, 1.82) is 5.26 Å². The summed E-state index contributed by atoms with van der Waals surface area (Å²) in [4.78, 5) is 7.57. The summed E-state index contributed by atoms with van der Waals surface area (Å²) in [6, 6.07) is 1.97. The Morgan fingerprint density at radius 2 is 2.25 bits per heavy atom.